The van der Waals surface area contributed by atoms with Crippen LogP contribution in [0.1, 0.15) is 31.7 Å². The Balaban J connectivity index is 2.03. The maximum absolute atomic E-state index is 11.1. The summed E-state index contributed by atoms with van der Waals surface area (Å²) in [5.41, 5.74) is 1.26. The molecule has 80 valence electrons. The summed E-state index contributed by atoms with van der Waals surface area (Å²) in [6.45, 7) is 4.35. The summed E-state index contributed by atoms with van der Waals surface area (Å²) in [5.74, 6) is 1.94. The van der Waals surface area contributed by atoms with E-state index in [1.54, 1.807) is 6.92 Å². The molecule has 0 N–H and O–H groups in total. The van der Waals surface area contributed by atoms with E-state index in [-0.39, 0.29) is 5.92 Å². The van der Waals surface area contributed by atoms with Crippen LogP contribution in [-0.2, 0) is 4.79 Å². The van der Waals surface area contributed by atoms with Crippen molar-refractivity contribution < 1.29 is 9.53 Å². The van der Waals surface area contributed by atoms with Crippen LogP contribution in [0.3, 0.4) is 0 Å². The van der Waals surface area contributed by atoms with Crippen molar-refractivity contribution in [3.63, 3.8) is 0 Å². The summed E-state index contributed by atoms with van der Waals surface area (Å²) < 4.78 is 5.37. The van der Waals surface area contributed by atoms with E-state index in [1.165, 1.54) is 5.56 Å². The Morgan fingerprint density at radius 1 is 1.40 bits per heavy atom. The molecule has 0 spiro atoms. The van der Waals surface area contributed by atoms with Gasteiger partial charge in [0.15, 0.2) is 0 Å². The molecule has 0 aliphatic heterocycles. The number of hydrogen-bond donors (Lipinski definition) is 0. The van der Waals surface area contributed by atoms with Crippen LogP contribution in [0.2, 0.25) is 0 Å². The van der Waals surface area contributed by atoms with Crippen molar-refractivity contribution in [2.75, 3.05) is 6.61 Å². The van der Waals surface area contributed by atoms with Crippen molar-refractivity contribution in [2.24, 2.45) is 5.92 Å². The summed E-state index contributed by atoms with van der Waals surface area (Å²) in [5, 5.41) is 0. The molecule has 0 radical (unpaired) electrons. The first-order chi connectivity index (χ1) is 7.22. The maximum atomic E-state index is 11.1. The second-order valence-electron chi connectivity index (χ2n) is 4.06. The Kier molecular flexibility index (Phi) is 2.76. The third kappa shape index (κ3) is 2.20. The van der Waals surface area contributed by atoms with Crippen LogP contribution in [0, 0.1) is 5.92 Å². The molecule has 1 aromatic carbocycles. The molecule has 1 aliphatic carbocycles. The van der Waals surface area contributed by atoms with Crippen molar-refractivity contribution >= 4 is 5.78 Å². The predicted octanol–water partition coefficient (Wildman–Crippen LogP) is 2.78. The van der Waals surface area contributed by atoms with Crippen LogP contribution in [0.5, 0.6) is 5.75 Å². The first-order valence-electron chi connectivity index (χ1n) is 5.45. The lowest BCUT2D eigenvalue weighted by Crippen LogP contribution is -1.95. The van der Waals surface area contributed by atoms with E-state index in [0.29, 0.717) is 18.3 Å². The third-order valence-corrected chi connectivity index (χ3v) is 2.93. The second-order valence-corrected chi connectivity index (χ2v) is 4.06. The minimum atomic E-state index is 0.267. The third-order valence-electron chi connectivity index (χ3n) is 2.93. The fourth-order valence-electron chi connectivity index (χ4n) is 1.99. The molecule has 0 amide bonds. The molecule has 2 rings (SSSR count). The molecule has 15 heavy (non-hydrogen) atoms. The molecule has 1 aliphatic rings. The molecule has 0 aromatic heterocycles. The fraction of sp³-hybridized carbons (Fsp3) is 0.462. The summed E-state index contributed by atoms with van der Waals surface area (Å²) in [6.07, 6.45) is 1.02. The molecule has 0 bridgehead atoms. The Hall–Kier alpha value is -1.31. The van der Waals surface area contributed by atoms with Gasteiger partial charge in [-0.2, -0.15) is 0 Å². The van der Waals surface area contributed by atoms with E-state index in [2.05, 4.69) is 12.1 Å². The van der Waals surface area contributed by atoms with E-state index in [1.807, 2.05) is 19.1 Å². The average Bonchev–Trinajstić information content (AvgIpc) is 2.99. The first-order valence-corrected chi connectivity index (χ1v) is 5.45. The van der Waals surface area contributed by atoms with Gasteiger partial charge in [0.25, 0.3) is 0 Å². The SMILES string of the molecule is CCOc1ccc(C2C[C@@H]2C(C)=O)cc1. The van der Waals surface area contributed by atoms with Gasteiger partial charge in [-0.1, -0.05) is 12.1 Å². The summed E-state index contributed by atoms with van der Waals surface area (Å²) >= 11 is 0. The summed E-state index contributed by atoms with van der Waals surface area (Å²) in [6, 6.07) is 8.10. The maximum Gasteiger partial charge on any atom is 0.133 e. The van der Waals surface area contributed by atoms with Crippen LogP contribution in [0.25, 0.3) is 0 Å². The van der Waals surface area contributed by atoms with Crippen molar-refractivity contribution in [3.05, 3.63) is 29.8 Å². The zero-order chi connectivity index (χ0) is 10.8. The molecule has 1 unspecified atom stereocenters. The number of Topliss-reactive ketones (excluding diaryl/α,β-unsaturated/α-hetero) is 1. The Morgan fingerprint density at radius 3 is 2.53 bits per heavy atom. The highest BCUT2D eigenvalue weighted by atomic mass is 16.5. The Bertz CT molecular complexity index is 353. The monoisotopic (exact) mass is 204 g/mol. The van der Waals surface area contributed by atoms with Crippen LogP contribution >= 0.6 is 0 Å². The normalized spacial score (nSPS) is 23.6. The van der Waals surface area contributed by atoms with Crippen molar-refractivity contribution in [1.82, 2.24) is 0 Å². The fourth-order valence-corrected chi connectivity index (χ4v) is 1.99. The van der Waals surface area contributed by atoms with Crippen LogP contribution in [0.4, 0.5) is 0 Å². The summed E-state index contributed by atoms with van der Waals surface area (Å²) in [4.78, 5) is 11.1. The van der Waals surface area contributed by atoms with Crippen molar-refractivity contribution in [3.8, 4) is 5.75 Å². The largest absolute Gasteiger partial charge is 0.494 e. The lowest BCUT2D eigenvalue weighted by Gasteiger charge is -2.04. The molecular weight excluding hydrogens is 188 g/mol. The molecule has 1 saturated carbocycles. The smallest absolute Gasteiger partial charge is 0.133 e. The molecule has 1 fully saturated rings. The van der Waals surface area contributed by atoms with Gasteiger partial charge in [0.05, 0.1) is 6.61 Å². The van der Waals surface area contributed by atoms with E-state index in [9.17, 15) is 4.79 Å². The van der Waals surface area contributed by atoms with Gasteiger partial charge >= 0.3 is 0 Å². The quantitative estimate of drug-likeness (QED) is 0.753. The Labute approximate surface area is 90.3 Å². The highest BCUT2D eigenvalue weighted by Crippen LogP contribution is 2.48. The number of benzene rings is 1. The molecule has 1 aromatic rings. The van der Waals surface area contributed by atoms with Gasteiger partial charge < -0.3 is 4.74 Å². The van der Waals surface area contributed by atoms with Gasteiger partial charge in [0.2, 0.25) is 0 Å². The number of carbonyl (C=O) groups excluding carboxylic acids is 1. The van der Waals surface area contributed by atoms with Gasteiger partial charge in [-0.25, -0.2) is 0 Å². The molecular formula is C13H16O2. The minimum absolute atomic E-state index is 0.267. The standard InChI is InChI=1S/C13H16O2/c1-3-15-11-6-4-10(5-7-11)13-8-12(13)9(2)14/h4-7,12-13H,3,8H2,1-2H3/t12-,13?/m1/s1. The van der Waals surface area contributed by atoms with Crippen LogP contribution in [-0.4, -0.2) is 12.4 Å². The number of carbonyl (C=O) groups is 1. The molecule has 2 atom stereocenters. The van der Waals surface area contributed by atoms with E-state index in [0.717, 1.165) is 12.2 Å². The van der Waals surface area contributed by atoms with Crippen molar-refractivity contribution in [1.29, 1.82) is 0 Å². The van der Waals surface area contributed by atoms with E-state index < -0.39 is 0 Å². The molecule has 0 heterocycles. The summed E-state index contributed by atoms with van der Waals surface area (Å²) in [7, 11) is 0. The van der Waals surface area contributed by atoms with Crippen molar-refractivity contribution in [2.45, 2.75) is 26.2 Å². The number of ether oxygens (including phenoxy) is 1. The lowest BCUT2D eigenvalue weighted by molar-refractivity contribution is -0.118. The zero-order valence-electron chi connectivity index (χ0n) is 9.19. The Morgan fingerprint density at radius 2 is 2.07 bits per heavy atom. The van der Waals surface area contributed by atoms with E-state index in [4.69, 9.17) is 4.74 Å². The number of ketones is 1. The topological polar surface area (TPSA) is 26.3 Å². The molecule has 2 heteroatoms. The van der Waals surface area contributed by atoms with Gasteiger partial charge in [-0.15, -0.1) is 0 Å². The zero-order valence-corrected chi connectivity index (χ0v) is 9.19. The highest BCUT2D eigenvalue weighted by Gasteiger charge is 2.41. The highest BCUT2D eigenvalue weighted by molar-refractivity contribution is 5.82. The molecule has 2 nitrogen and oxygen atoms in total. The number of hydrogen-bond acceptors (Lipinski definition) is 2. The van der Waals surface area contributed by atoms with Gasteiger partial charge in [-0.3, -0.25) is 4.79 Å². The molecule has 0 saturated heterocycles. The van der Waals surface area contributed by atoms with Gasteiger partial charge in [-0.05, 0) is 43.9 Å². The van der Waals surface area contributed by atoms with E-state index >= 15 is 0 Å². The van der Waals surface area contributed by atoms with Gasteiger partial charge in [0.1, 0.15) is 11.5 Å². The lowest BCUT2D eigenvalue weighted by atomic mass is 10.1. The van der Waals surface area contributed by atoms with Crippen LogP contribution in [0.15, 0.2) is 24.3 Å². The predicted molar refractivity (Wildman–Crippen MR) is 59.1 cm³/mol. The van der Waals surface area contributed by atoms with Gasteiger partial charge in [0, 0.05) is 5.92 Å². The van der Waals surface area contributed by atoms with Crippen LogP contribution < -0.4 is 4.74 Å². The minimum Gasteiger partial charge on any atom is -0.494 e. The number of rotatable bonds is 4. The average molecular weight is 204 g/mol. The second kappa shape index (κ2) is 4.05. The first kappa shape index (κ1) is 10.2.